The molecule has 0 spiro atoms. The Morgan fingerprint density at radius 3 is 2.41 bits per heavy atom. The van der Waals surface area contributed by atoms with E-state index in [0.29, 0.717) is 28.4 Å². The summed E-state index contributed by atoms with van der Waals surface area (Å²) in [6.45, 7) is 0.235. The number of esters is 1. The number of aromatic hydroxyl groups is 1. The lowest BCUT2D eigenvalue weighted by atomic mass is 9.66. The number of aliphatic hydroxyl groups excluding tert-OH is 1. The molecule has 0 radical (unpaired) electrons. The topological polar surface area (TPSA) is 104 Å². The summed E-state index contributed by atoms with van der Waals surface area (Å²) in [5, 5.41) is 21.4. The highest BCUT2D eigenvalue weighted by Crippen LogP contribution is 2.55. The van der Waals surface area contributed by atoms with E-state index in [4.69, 9.17) is 23.7 Å². The quantitative estimate of drug-likeness (QED) is 0.755. The Morgan fingerprint density at radius 1 is 1.00 bits per heavy atom. The third-order valence-corrected chi connectivity index (χ3v) is 5.99. The molecule has 2 N–H and O–H groups in total. The van der Waals surface area contributed by atoms with Gasteiger partial charge in [0.1, 0.15) is 0 Å². The smallest absolute Gasteiger partial charge is 0.310 e. The zero-order valence-electron chi connectivity index (χ0n) is 15.9. The first kappa shape index (κ1) is 17.9. The third-order valence-electron chi connectivity index (χ3n) is 5.99. The highest BCUT2D eigenvalue weighted by molar-refractivity contribution is 5.79. The van der Waals surface area contributed by atoms with Crippen molar-refractivity contribution in [2.45, 2.75) is 12.0 Å². The molecule has 2 aromatic rings. The van der Waals surface area contributed by atoms with E-state index in [9.17, 15) is 15.0 Å². The van der Waals surface area contributed by atoms with Crippen molar-refractivity contribution in [3.8, 4) is 28.7 Å². The molecule has 0 aromatic heterocycles. The third kappa shape index (κ3) is 2.52. The van der Waals surface area contributed by atoms with Crippen molar-refractivity contribution in [3.63, 3.8) is 0 Å². The van der Waals surface area contributed by atoms with Gasteiger partial charge in [0.25, 0.3) is 0 Å². The summed E-state index contributed by atoms with van der Waals surface area (Å²) in [7, 11) is 2.92. The molecule has 4 atom stereocenters. The summed E-state index contributed by atoms with van der Waals surface area (Å²) in [6.07, 6.45) is -0.874. The number of cyclic esters (lactones) is 1. The van der Waals surface area contributed by atoms with E-state index in [1.54, 1.807) is 24.3 Å². The van der Waals surface area contributed by atoms with Crippen LogP contribution in [0, 0.1) is 11.8 Å². The average Bonchev–Trinajstić information content (AvgIpc) is 3.33. The van der Waals surface area contributed by atoms with Crippen LogP contribution in [0.15, 0.2) is 24.3 Å². The number of aliphatic hydroxyl groups is 1. The molecule has 2 heterocycles. The highest BCUT2D eigenvalue weighted by Gasteiger charge is 2.52. The molecule has 0 bridgehead atoms. The van der Waals surface area contributed by atoms with E-state index in [1.807, 2.05) is 0 Å². The van der Waals surface area contributed by atoms with E-state index in [-0.39, 0.29) is 30.9 Å². The van der Waals surface area contributed by atoms with Crippen LogP contribution in [0.1, 0.15) is 28.7 Å². The first-order valence-corrected chi connectivity index (χ1v) is 9.26. The minimum Gasteiger partial charge on any atom is -0.504 e. The molecule has 152 valence electrons. The number of carbonyl (C=O) groups excluding carboxylic acids is 1. The predicted octanol–water partition coefficient (Wildman–Crippen LogP) is 2.11. The Morgan fingerprint density at radius 2 is 1.72 bits per heavy atom. The van der Waals surface area contributed by atoms with Gasteiger partial charge in [-0.25, -0.2) is 0 Å². The first-order chi connectivity index (χ1) is 14.0. The van der Waals surface area contributed by atoms with Gasteiger partial charge in [0.05, 0.1) is 32.8 Å². The number of carbonyl (C=O) groups is 1. The molecule has 1 aliphatic carbocycles. The summed E-state index contributed by atoms with van der Waals surface area (Å²) < 4.78 is 26.9. The molecule has 29 heavy (non-hydrogen) atoms. The first-order valence-electron chi connectivity index (χ1n) is 9.26. The number of fused-ring (bicyclic) bond motifs is 3. The number of rotatable bonds is 3. The van der Waals surface area contributed by atoms with Crippen molar-refractivity contribution in [3.05, 3.63) is 41.0 Å². The lowest BCUT2D eigenvalue weighted by Crippen LogP contribution is -2.34. The fraction of sp³-hybridized carbons (Fsp3) is 0.381. The maximum absolute atomic E-state index is 12.6. The summed E-state index contributed by atoms with van der Waals surface area (Å²) in [5.74, 6) is -0.285. The van der Waals surface area contributed by atoms with E-state index < -0.39 is 23.9 Å². The van der Waals surface area contributed by atoms with E-state index in [1.165, 1.54) is 14.2 Å². The lowest BCUT2D eigenvalue weighted by Gasteiger charge is -2.36. The van der Waals surface area contributed by atoms with Crippen molar-refractivity contribution >= 4 is 5.97 Å². The monoisotopic (exact) mass is 400 g/mol. The van der Waals surface area contributed by atoms with Crippen molar-refractivity contribution in [1.82, 2.24) is 0 Å². The van der Waals surface area contributed by atoms with Crippen molar-refractivity contribution in [2.75, 3.05) is 27.6 Å². The summed E-state index contributed by atoms with van der Waals surface area (Å²) >= 11 is 0. The lowest BCUT2D eigenvalue weighted by molar-refractivity contribution is -0.141. The van der Waals surface area contributed by atoms with Gasteiger partial charge in [-0.3, -0.25) is 4.79 Å². The Bertz CT molecular complexity index is 1000. The van der Waals surface area contributed by atoms with Crippen molar-refractivity contribution < 1.29 is 38.7 Å². The molecular weight excluding hydrogens is 380 g/mol. The Labute approximate surface area is 166 Å². The maximum Gasteiger partial charge on any atom is 0.310 e. The fourth-order valence-corrected chi connectivity index (χ4v) is 4.68. The fourth-order valence-electron chi connectivity index (χ4n) is 4.68. The van der Waals surface area contributed by atoms with E-state index >= 15 is 0 Å². The Kier molecular flexibility index (Phi) is 3.99. The van der Waals surface area contributed by atoms with Gasteiger partial charge < -0.3 is 33.9 Å². The van der Waals surface area contributed by atoms with Gasteiger partial charge in [-0.1, -0.05) is 0 Å². The molecule has 8 nitrogen and oxygen atoms in total. The number of hydrogen-bond donors (Lipinski definition) is 2. The molecule has 1 fully saturated rings. The van der Waals surface area contributed by atoms with Gasteiger partial charge in [0.15, 0.2) is 23.0 Å². The SMILES string of the molecule is COc1cc([C@@H]2c3cc4c(cc3[C@H](O)C3COC(=O)[C@@H]32)OCO4)cc(O)c1OC. The van der Waals surface area contributed by atoms with Crippen molar-refractivity contribution in [1.29, 1.82) is 0 Å². The highest BCUT2D eigenvalue weighted by atomic mass is 16.7. The largest absolute Gasteiger partial charge is 0.504 e. The van der Waals surface area contributed by atoms with Crippen LogP contribution < -0.4 is 18.9 Å². The molecule has 0 saturated carbocycles. The van der Waals surface area contributed by atoms with Crippen LogP contribution in [-0.2, 0) is 9.53 Å². The molecule has 0 amide bonds. The van der Waals surface area contributed by atoms with Gasteiger partial charge in [-0.05, 0) is 41.0 Å². The predicted molar refractivity (Wildman–Crippen MR) is 98.5 cm³/mol. The summed E-state index contributed by atoms with van der Waals surface area (Å²) in [6, 6.07) is 6.84. The second-order valence-corrected chi connectivity index (χ2v) is 7.35. The molecule has 2 aliphatic heterocycles. The molecular formula is C21H20O8. The van der Waals surface area contributed by atoms with E-state index in [2.05, 4.69) is 0 Å². The van der Waals surface area contributed by atoms with Gasteiger partial charge >= 0.3 is 5.97 Å². The molecule has 8 heteroatoms. The molecule has 1 unspecified atom stereocenters. The van der Waals surface area contributed by atoms with Crippen LogP contribution >= 0.6 is 0 Å². The minimum absolute atomic E-state index is 0.0989. The van der Waals surface area contributed by atoms with Gasteiger partial charge in [0.2, 0.25) is 12.5 Å². The van der Waals surface area contributed by atoms with Gasteiger partial charge in [-0.15, -0.1) is 0 Å². The Hall–Kier alpha value is -3.13. The second-order valence-electron chi connectivity index (χ2n) is 7.35. The standard InChI is InChI=1S/C21H20O8/c1-25-16-4-9(3-13(22)20(16)26-2)17-10-5-14-15(29-8-28-14)6-11(10)19(23)12-7-27-21(24)18(12)17/h3-6,12,17-19,22-23H,7-8H2,1-2H3/t12?,17-,18+,19+/m1/s1. The zero-order chi connectivity index (χ0) is 20.3. The number of phenols is 1. The second kappa shape index (κ2) is 6.45. The number of ether oxygens (including phenoxy) is 5. The summed E-state index contributed by atoms with van der Waals surface area (Å²) in [4.78, 5) is 12.6. The molecule has 1 saturated heterocycles. The number of benzene rings is 2. The van der Waals surface area contributed by atoms with Crippen LogP contribution in [0.5, 0.6) is 28.7 Å². The normalized spacial score (nSPS) is 26.5. The van der Waals surface area contributed by atoms with Crippen LogP contribution in [-0.4, -0.2) is 43.8 Å². The molecule has 5 rings (SSSR count). The Balaban J connectivity index is 1.74. The minimum atomic E-state index is -0.874. The van der Waals surface area contributed by atoms with Crippen LogP contribution in [0.4, 0.5) is 0 Å². The van der Waals surface area contributed by atoms with Crippen molar-refractivity contribution in [2.24, 2.45) is 11.8 Å². The number of phenolic OH excluding ortho intramolecular Hbond substituents is 1. The van der Waals surface area contributed by atoms with Crippen LogP contribution in [0.2, 0.25) is 0 Å². The number of hydrogen-bond acceptors (Lipinski definition) is 8. The average molecular weight is 400 g/mol. The van der Waals surface area contributed by atoms with Crippen LogP contribution in [0.3, 0.4) is 0 Å². The molecule has 3 aliphatic rings. The number of methoxy groups -OCH3 is 2. The van der Waals surface area contributed by atoms with Crippen LogP contribution in [0.25, 0.3) is 0 Å². The van der Waals surface area contributed by atoms with Gasteiger partial charge in [-0.2, -0.15) is 0 Å². The zero-order valence-corrected chi connectivity index (χ0v) is 15.9. The van der Waals surface area contributed by atoms with E-state index in [0.717, 1.165) is 5.56 Å². The summed E-state index contributed by atoms with van der Waals surface area (Å²) in [5.41, 5.74) is 2.04. The molecule has 2 aromatic carbocycles. The maximum atomic E-state index is 12.6. The van der Waals surface area contributed by atoms with Gasteiger partial charge in [0, 0.05) is 11.8 Å².